The number of para-hydroxylation sites is 2. The van der Waals surface area contributed by atoms with Crippen molar-refractivity contribution in [2.45, 2.75) is 0 Å². The molecule has 4 nitrogen and oxygen atoms in total. The third-order valence-electron chi connectivity index (χ3n) is 9.88. The van der Waals surface area contributed by atoms with Gasteiger partial charge in [-0.3, -0.25) is 9.59 Å². The van der Waals surface area contributed by atoms with E-state index in [0.29, 0.717) is 11.1 Å². The van der Waals surface area contributed by atoms with Gasteiger partial charge in [-0.05, 0) is 100 Å². The molecule has 0 saturated carbocycles. The Kier molecular flexibility index (Phi) is 7.21. The topological polar surface area (TPSA) is 40.6 Å². The number of rotatable bonds is 6. The van der Waals surface area contributed by atoms with Gasteiger partial charge in [0, 0.05) is 45.3 Å². The zero-order valence-corrected chi connectivity index (χ0v) is 27.2. The molecule has 0 fully saturated rings. The fraction of sp³-hybridized carbons (Fsp3) is 0.0435. The van der Waals surface area contributed by atoms with Crippen LogP contribution in [-0.2, 0) is 0 Å². The Morgan fingerprint density at radius 2 is 0.860 bits per heavy atom. The number of ketones is 2. The van der Waals surface area contributed by atoms with Crippen molar-refractivity contribution >= 4 is 61.5 Å². The summed E-state index contributed by atoms with van der Waals surface area (Å²) in [5.74, 6) is -1.25. The summed E-state index contributed by atoms with van der Waals surface area (Å²) in [6.07, 6.45) is 5.90. The molecule has 4 heteroatoms. The zero-order chi connectivity index (χ0) is 33.6. The van der Waals surface area contributed by atoms with Gasteiger partial charge in [0.1, 0.15) is 0 Å². The van der Waals surface area contributed by atoms with Crippen LogP contribution < -0.4 is 9.80 Å². The first kappa shape index (κ1) is 29.6. The fourth-order valence-electron chi connectivity index (χ4n) is 7.43. The minimum atomic E-state index is -0.599. The van der Waals surface area contributed by atoms with Crippen LogP contribution >= 0.6 is 0 Å². The van der Waals surface area contributed by atoms with Gasteiger partial charge in [0.25, 0.3) is 0 Å². The minimum absolute atomic E-state index is 0.0403. The SMILES string of the molecule is O=C1c2ccc(N(c3ccccc3)c3ccc4ccccc4c3)cc2C(=O)C2C=CC(N(c3ccccc3)c3ccc4ccccc4c3)=CC12. The van der Waals surface area contributed by atoms with Crippen LogP contribution in [0.15, 0.2) is 188 Å². The summed E-state index contributed by atoms with van der Waals surface area (Å²) in [6, 6.07) is 55.3. The number of anilines is 5. The third kappa shape index (κ3) is 5.10. The molecule has 0 heterocycles. The summed E-state index contributed by atoms with van der Waals surface area (Å²) in [5.41, 5.74) is 6.52. The second-order valence-corrected chi connectivity index (χ2v) is 12.9. The summed E-state index contributed by atoms with van der Waals surface area (Å²) in [5, 5.41) is 4.57. The van der Waals surface area contributed by atoms with Crippen LogP contribution in [0, 0.1) is 11.8 Å². The zero-order valence-electron chi connectivity index (χ0n) is 27.2. The normalized spacial score (nSPS) is 16.5. The highest BCUT2D eigenvalue weighted by atomic mass is 16.1. The lowest BCUT2D eigenvalue weighted by atomic mass is 9.71. The predicted octanol–water partition coefficient (Wildman–Crippen LogP) is 11.4. The van der Waals surface area contributed by atoms with Gasteiger partial charge in [-0.25, -0.2) is 0 Å². The molecule has 0 radical (unpaired) electrons. The number of nitrogens with zero attached hydrogens (tertiary/aromatic N) is 2. The van der Waals surface area contributed by atoms with E-state index in [4.69, 9.17) is 0 Å². The molecule has 7 aromatic carbocycles. The molecule has 2 aliphatic rings. The first-order valence-electron chi connectivity index (χ1n) is 16.9. The molecule has 9 rings (SSSR count). The van der Waals surface area contributed by atoms with Gasteiger partial charge in [0.15, 0.2) is 11.6 Å². The minimum Gasteiger partial charge on any atom is -0.311 e. The van der Waals surface area contributed by atoms with Gasteiger partial charge < -0.3 is 9.80 Å². The van der Waals surface area contributed by atoms with Gasteiger partial charge in [-0.1, -0.05) is 103 Å². The van der Waals surface area contributed by atoms with Crippen LogP contribution in [0.1, 0.15) is 20.7 Å². The van der Waals surface area contributed by atoms with Crippen molar-refractivity contribution in [3.63, 3.8) is 0 Å². The molecule has 0 aromatic heterocycles. The maximum absolute atomic E-state index is 14.3. The smallest absolute Gasteiger partial charge is 0.171 e. The molecular weight excluding hydrogens is 613 g/mol. The summed E-state index contributed by atoms with van der Waals surface area (Å²) < 4.78 is 0. The van der Waals surface area contributed by atoms with Crippen molar-refractivity contribution in [1.29, 1.82) is 0 Å². The van der Waals surface area contributed by atoms with Gasteiger partial charge in [-0.2, -0.15) is 0 Å². The van der Waals surface area contributed by atoms with E-state index in [1.165, 1.54) is 0 Å². The van der Waals surface area contributed by atoms with Crippen molar-refractivity contribution in [3.8, 4) is 0 Å². The van der Waals surface area contributed by atoms with Crippen LogP contribution in [0.2, 0.25) is 0 Å². The average Bonchev–Trinajstić information content (AvgIpc) is 3.18. The standard InChI is InChI=1S/C46H32N2O2/c49-45-42-26-24-40(48(36-17-5-2-6-18-36)38-22-20-32-12-8-10-14-34(32)28-38)30-44(42)46(50)41-25-23-39(29-43(41)45)47(35-15-3-1-4-16-35)37-21-19-31-11-7-9-13-33(31)27-37/h1-30,41,43H. The van der Waals surface area contributed by atoms with Crippen molar-refractivity contribution in [2.24, 2.45) is 11.8 Å². The lowest BCUT2D eigenvalue weighted by molar-refractivity contribution is 0.0801. The monoisotopic (exact) mass is 644 g/mol. The van der Waals surface area contributed by atoms with Gasteiger partial charge >= 0.3 is 0 Å². The second-order valence-electron chi connectivity index (χ2n) is 12.9. The molecule has 0 saturated heterocycles. The molecular formula is C46H32N2O2. The molecule has 0 N–H and O–H groups in total. The van der Waals surface area contributed by atoms with E-state index in [0.717, 1.165) is 55.7 Å². The number of hydrogen-bond donors (Lipinski definition) is 0. The highest BCUT2D eigenvalue weighted by Gasteiger charge is 2.41. The van der Waals surface area contributed by atoms with E-state index in [1.54, 1.807) is 0 Å². The summed E-state index contributed by atoms with van der Waals surface area (Å²) in [4.78, 5) is 32.9. The summed E-state index contributed by atoms with van der Waals surface area (Å²) >= 11 is 0. The van der Waals surface area contributed by atoms with E-state index >= 15 is 0 Å². The second kappa shape index (κ2) is 12.2. The third-order valence-corrected chi connectivity index (χ3v) is 9.88. The maximum atomic E-state index is 14.3. The van der Waals surface area contributed by atoms with Crippen molar-refractivity contribution in [2.75, 3.05) is 9.80 Å². The molecule has 2 atom stereocenters. The number of carbonyl (C=O) groups is 2. The molecule has 2 aliphatic carbocycles. The Balaban J connectivity index is 1.11. The number of benzene rings is 7. The van der Waals surface area contributed by atoms with E-state index < -0.39 is 11.8 Å². The van der Waals surface area contributed by atoms with Crippen LogP contribution in [0.5, 0.6) is 0 Å². The van der Waals surface area contributed by atoms with Gasteiger partial charge in [-0.15, -0.1) is 0 Å². The number of fused-ring (bicyclic) bond motifs is 4. The van der Waals surface area contributed by atoms with E-state index in [1.807, 2.05) is 97.1 Å². The Bertz CT molecular complexity index is 2500. The molecule has 50 heavy (non-hydrogen) atoms. The van der Waals surface area contributed by atoms with Crippen LogP contribution in [-0.4, -0.2) is 11.6 Å². The van der Waals surface area contributed by atoms with Crippen LogP contribution in [0.25, 0.3) is 21.5 Å². The quantitative estimate of drug-likeness (QED) is 0.181. The van der Waals surface area contributed by atoms with Crippen molar-refractivity contribution in [3.05, 3.63) is 199 Å². The molecule has 0 aliphatic heterocycles. The lowest BCUT2D eigenvalue weighted by Gasteiger charge is -2.34. The molecule has 238 valence electrons. The lowest BCUT2D eigenvalue weighted by Crippen LogP contribution is -2.37. The Morgan fingerprint density at radius 1 is 0.380 bits per heavy atom. The molecule has 0 amide bonds. The van der Waals surface area contributed by atoms with Crippen LogP contribution in [0.3, 0.4) is 0 Å². The summed E-state index contributed by atoms with van der Waals surface area (Å²) in [7, 11) is 0. The first-order valence-corrected chi connectivity index (χ1v) is 16.9. The Morgan fingerprint density at radius 3 is 1.48 bits per heavy atom. The molecule has 0 spiro atoms. The Hall–Kier alpha value is -6.52. The average molecular weight is 645 g/mol. The number of allylic oxidation sites excluding steroid dienone is 3. The first-order chi connectivity index (χ1) is 24.6. The predicted molar refractivity (Wildman–Crippen MR) is 204 cm³/mol. The number of Topliss-reactive ketones (excluding diaryl/α,β-unsaturated/α-hetero) is 2. The van der Waals surface area contributed by atoms with Gasteiger partial charge in [0.05, 0.1) is 11.8 Å². The number of hydrogen-bond acceptors (Lipinski definition) is 4. The molecule has 0 bridgehead atoms. The van der Waals surface area contributed by atoms with E-state index in [2.05, 4.69) is 94.7 Å². The van der Waals surface area contributed by atoms with E-state index in [9.17, 15) is 9.59 Å². The Labute approximate surface area is 290 Å². The highest BCUT2D eigenvalue weighted by molar-refractivity contribution is 6.18. The number of carbonyl (C=O) groups excluding carboxylic acids is 2. The molecule has 7 aromatic rings. The van der Waals surface area contributed by atoms with Crippen molar-refractivity contribution < 1.29 is 9.59 Å². The van der Waals surface area contributed by atoms with Crippen molar-refractivity contribution in [1.82, 2.24) is 0 Å². The van der Waals surface area contributed by atoms with Gasteiger partial charge in [0.2, 0.25) is 0 Å². The van der Waals surface area contributed by atoms with Crippen LogP contribution in [0.4, 0.5) is 28.4 Å². The van der Waals surface area contributed by atoms with E-state index in [-0.39, 0.29) is 11.6 Å². The molecule has 2 unspecified atom stereocenters. The largest absolute Gasteiger partial charge is 0.311 e. The fourth-order valence-corrected chi connectivity index (χ4v) is 7.43. The summed E-state index contributed by atoms with van der Waals surface area (Å²) in [6.45, 7) is 0. The maximum Gasteiger partial charge on any atom is 0.171 e. The highest BCUT2D eigenvalue weighted by Crippen LogP contribution is 2.43.